The fraction of sp³-hybridized carbons (Fsp3) is 0.381. The standard InChI is InChI=1S/C21H25N5/c1-17-11-7-8-14-19(17)26-20(22-23-24-26)21(15-9-4-10-16-21)25(2)18-12-5-3-6-13-18/h3,5-8,11-14H,4,9-10,15-16H2,1-2H3. The molecule has 0 atom stereocenters. The molecule has 1 saturated carbocycles. The lowest BCUT2D eigenvalue weighted by Crippen LogP contribution is -2.47. The van der Waals surface area contributed by atoms with Crippen molar-refractivity contribution >= 4 is 5.69 Å². The topological polar surface area (TPSA) is 46.8 Å². The summed E-state index contributed by atoms with van der Waals surface area (Å²) < 4.78 is 1.94. The molecule has 0 radical (unpaired) electrons. The minimum absolute atomic E-state index is 0.189. The van der Waals surface area contributed by atoms with Crippen LogP contribution in [0.5, 0.6) is 0 Å². The van der Waals surface area contributed by atoms with Crippen LogP contribution in [-0.4, -0.2) is 27.3 Å². The normalized spacial score (nSPS) is 16.4. The summed E-state index contributed by atoms with van der Waals surface area (Å²) in [5.41, 5.74) is 3.24. The third-order valence-electron chi connectivity index (χ3n) is 5.70. The van der Waals surface area contributed by atoms with Crippen LogP contribution in [0.2, 0.25) is 0 Å². The Morgan fingerprint density at radius 3 is 2.35 bits per heavy atom. The molecule has 1 aliphatic carbocycles. The maximum atomic E-state index is 4.54. The van der Waals surface area contributed by atoms with Crippen LogP contribution in [0.3, 0.4) is 0 Å². The molecule has 0 N–H and O–H groups in total. The molecular weight excluding hydrogens is 322 g/mol. The van der Waals surface area contributed by atoms with E-state index in [4.69, 9.17) is 0 Å². The minimum Gasteiger partial charge on any atom is -0.362 e. The minimum atomic E-state index is -0.189. The highest BCUT2D eigenvalue weighted by atomic mass is 15.6. The first-order chi connectivity index (χ1) is 12.7. The van der Waals surface area contributed by atoms with Crippen molar-refractivity contribution < 1.29 is 0 Å². The maximum Gasteiger partial charge on any atom is 0.182 e. The molecule has 26 heavy (non-hydrogen) atoms. The van der Waals surface area contributed by atoms with E-state index in [1.165, 1.54) is 30.5 Å². The van der Waals surface area contributed by atoms with Gasteiger partial charge in [-0.1, -0.05) is 55.7 Å². The van der Waals surface area contributed by atoms with Crippen LogP contribution in [-0.2, 0) is 5.54 Å². The van der Waals surface area contributed by atoms with Crippen molar-refractivity contribution in [2.24, 2.45) is 0 Å². The summed E-state index contributed by atoms with van der Waals surface area (Å²) in [5, 5.41) is 13.0. The second kappa shape index (κ2) is 6.90. The highest BCUT2D eigenvalue weighted by Gasteiger charge is 2.43. The van der Waals surface area contributed by atoms with Gasteiger partial charge in [-0.15, -0.1) is 5.10 Å². The van der Waals surface area contributed by atoms with Crippen LogP contribution in [0.15, 0.2) is 54.6 Å². The third-order valence-corrected chi connectivity index (χ3v) is 5.70. The molecule has 5 nitrogen and oxygen atoms in total. The van der Waals surface area contributed by atoms with Gasteiger partial charge in [0.2, 0.25) is 0 Å². The predicted octanol–water partition coefficient (Wildman–Crippen LogP) is 4.27. The number of benzene rings is 2. The lowest BCUT2D eigenvalue weighted by Gasteiger charge is -2.44. The van der Waals surface area contributed by atoms with Gasteiger partial charge in [0.15, 0.2) is 5.82 Å². The van der Waals surface area contributed by atoms with E-state index in [1.807, 2.05) is 10.7 Å². The van der Waals surface area contributed by atoms with Crippen LogP contribution in [0, 0.1) is 6.92 Å². The van der Waals surface area contributed by atoms with Gasteiger partial charge in [-0.25, -0.2) is 0 Å². The van der Waals surface area contributed by atoms with E-state index in [1.54, 1.807) is 0 Å². The first-order valence-electron chi connectivity index (χ1n) is 9.36. The van der Waals surface area contributed by atoms with E-state index >= 15 is 0 Å². The van der Waals surface area contributed by atoms with Crippen molar-refractivity contribution in [2.45, 2.75) is 44.6 Å². The van der Waals surface area contributed by atoms with Gasteiger partial charge >= 0.3 is 0 Å². The molecule has 0 spiro atoms. The van der Waals surface area contributed by atoms with E-state index in [9.17, 15) is 0 Å². The lowest BCUT2D eigenvalue weighted by molar-refractivity contribution is 0.269. The predicted molar refractivity (Wildman–Crippen MR) is 103 cm³/mol. The Morgan fingerprint density at radius 1 is 0.923 bits per heavy atom. The van der Waals surface area contributed by atoms with Crippen molar-refractivity contribution in [1.29, 1.82) is 0 Å². The highest BCUT2D eigenvalue weighted by Crippen LogP contribution is 2.43. The Morgan fingerprint density at radius 2 is 1.62 bits per heavy atom. The zero-order valence-electron chi connectivity index (χ0n) is 15.5. The molecule has 2 aromatic carbocycles. The molecule has 0 saturated heterocycles. The van der Waals surface area contributed by atoms with E-state index in [0.717, 1.165) is 24.4 Å². The van der Waals surface area contributed by atoms with Gasteiger partial charge in [-0.2, -0.15) is 4.68 Å². The molecule has 3 aromatic rings. The molecule has 1 heterocycles. The largest absolute Gasteiger partial charge is 0.362 e. The average Bonchev–Trinajstić information content (AvgIpc) is 3.19. The van der Waals surface area contributed by atoms with Gasteiger partial charge in [0.05, 0.1) is 5.69 Å². The number of rotatable bonds is 4. The van der Waals surface area contributed by atoms with E-state index in [-0.39, 0.29) is 5.54 Å². The van der Waals surface area contributed by atoms with Crippen LogP contribution < -0.4 is 4.90 Å². The molecule has 1 aromatic heterocycles. The molecule has 134 valence electrons. The zero-order chi connectivity index (χ0) is 18.0. The maximum absolute atomic E-state index is 4.54. The van der Waals surface area contributed by atoms with Crippen LogP contribution in [0.4, 0.5) is 5.69 Å². The third kappa shape index (κ3) is 2.77. The molecule has 0 amide bonds. The van der Waals surface area contributed by atoms with Gasteiger partial charge < -0.3 is 4.90 Å². The summed E-state index contributed by atoms with van der Waals surface area (Å²) >= 11 is 0. The smallest absolute Gasteiger partial charge is 0.182 e. The number of nitrogens with zero attached hydrogens (tertiary/aromatic N) is 5. The van der Waals surface area contributed by atoms with Crippen molar-refractivity contribution in [3.05, 3.63) is 66.0 Å². The van der Waals surface area contributed by atoms with Gasteiger partial charge in [0.1, 0.15) is 5.54 Å². The molecule has 5 heteroatoms. The van der Waals surface area contributed by atoms with Crippen molar-refractivity contribution in [3.63, 3.8) is 0 Å². The molecule has 4 rings (SSSR count). The second-order valence-corrected chi connectivity index (χ2v) is 7.19. The molecular formula is C21H25N5. The van der Waals surface area contributed by atoms with Gasteiger partial charge in [0, 0.05) is 12.7 Å². The monoisotopic (exact) mass is 347 g/mol. The quantitative estimate of drug-likeness (QED) is 0.707. The van der Waals surface area contributed by atoms with Crippen molar-refractivity contribution in [3.8, 4) is 5.69 Å². The average molecular weight is 347 g/mol. The summed E-state index contributed by atoms with van der Waals surface area (Å²) in [6.07, 6.45) is 5.78. The molecule has 0 aliphatic heterocycles. The Labute approximate surface area is 154 Å². The summed E-state index contributed by atoms with van der Waals surface area (Å²) in [7, 11) is 2.18. The summed E-state index contributed by atoms with van der Waals surface area (Å²) in [6, 6.07) is 18.9. The summed E-state index contributed by atoms with van der Waals surface area (Å²) in [5.74, 6) is 0.942. The Kier molecular flexibility index (Phi) is 4.45. The second-order valence-electron chi connectivity index (χ2n) is 7.19. The van der Waals surface area contributed by atoms with Crippen LogP contribution in [0.1, 0.15) is 43.5 Å². The van der Waals surface area contributed by atoms with Gasteiger partial charge in [0.25, 0.3) is 0 Å². The number of para-hydroxylation sites is 2. The first-order valence-corrected chi connectivity index (χ1v) is 9.36. The number of anilines is 1. The van der Waals surface area contributed by atoms with Gasteiger partial charge in [-0.3, -0.25) is 0 Å². The molecule has 1 fully saturated rings. The van der Waals surface area contributed by atoms with Gasteiger partial charge in [-0.05, 0) is 54.0 Å². The first kappa shape index (κ1) is 16.8. The molecule has 0 unspecified atom stereocenters. The Balaban J connectivity index is 1.85. The number of aryl methyl sites for hydroxylation is 1. The van der Waals surface area contributed by atoms with Crippen molar-refractivity contribution in [2.75, 3.05) is 11.9 Å². The fourth-order valence-corrected chi connectivity index (χ4v) is 4.19. The number of aromatic nitrogens is 4. The fourth-order valence-electron chi connectivity index (χ4n) is 4.19. The molecule has 1 aliphatic rings. The van der Waals surface area contributed by atoms with E-state index < -0.39 is 0 Å². The van der Waals surface area contributed by atoms with E-state index in [2.05, 4.69) is 82.9 Å². The number of hydrogen-bond donors (Lipinski definition) is 0. The van der Waals surface area contributed by atoms with Crippen LogP contribution >= 0.6 is 0 Å². The van der Waals surface area contributed by atoms with Crippen LogP contribution in [0.25, 0.3) is 5.69 Å². The summed E-state index contributed by atoms with van der Waals surface area (Å²) in [6.45, 7) is 2.11. The summed E-state index contributed by atoms with van der Waals surface area (Å²) in [4.78, 5) is 2.38. The highest BCUT2D eigenvalue weighted by molar-refractivity contribution is 5.50. The SMILES string of the molecule is Cc1ccccc1-n1nnnc1C1(N(C)c2ccccc2)CCCCC1. The number of tetrazole rings is 1. The van der Waals surface area contributed by atoms with Crippen molar-refractivity contribution in [1.82, 2.24) is 20.2 Å². The molecule has 0 bridgehead atoms. The van der Waals surface area contributed by atoms with E-state index in [0.29, 0.717) is 0 Å². The zero-order valence-corrected chi connectivity index (χ0v) is 15.5. The number of hydrogen-bond acceptors (Lipinski definition) is 4. The lowest BCUT2D eigenvalue weighted by atomic mass is 9.79. The Hall–Kier alpha value is -2.69. The Bertz CT molecular complexity index is 865.